The molecule has 0 spiro atoms. The van der Waals surface area contributed by atoms with Gasteiger partial charge in [-0.3, -0.25) is 0 Å². The zero-order valence-electron chi connectivity index (χ0n) is 8.76. The van der Waals surface area contributed by atoms with Gasteiger partial charge in [-0.1, -0.05) is 13.8 Å². The molecule has 0 heterocycles. The number of ether oxygens (including phenoxy) is 1. The number of nitrogens with one attached hydrogen (secondary N) is 1. The van der Waals surface area contributed by atoms with E-state index in [1.807, 2.05) is 20.8 Å². The molecule has 2 N–H and O–H groups in total. The molecule has 0 bridgehead atoms. The maximum absolute atomic E-state index is 10.9. The van der Waals surface area contributed by atoms with Gasteiger partial charge in [0, 0.05) is 6.54 Å². The summed E-state index contributed by atoms with van der Waals surface area (Å²) in [5.41, 5.74) is -0.953. The average molecular weight is 189 g/mol. The highest BCUT2D eigenvalue weighted by atomic mass is 16.6. The fourth-order valence-corrected chi connectivity index (χ4v) is 0.574. The molecule has 78 valence electrons. The molecule has 0 aromatic carbocycles. The first-order valence-electron chi connectivity index (χ1n) is 4.53. The SMILES string of the molecule is CCNC(=O)OCC(C)(O)C(C)C. The number of rotatable bonds is 4. The fraction of sp³-hybridized carbons (Fsp3) is 0.889. The van der Waals surface area contributed by atoms with Gasteiger partial charge < -0.3 is 15.2 Å². The van der Waals surface area contributed by atoms with E-state index in [1.165, 1.54) is 0 Å². The molecule has 0 fully saturated rings. The standard InChI is InChI=1S/C9H19NO3/c1-5-10-8(11)13-6-9(4,12)7(2)3/h7,12H,5-6H2,1-4H3,(H,10,11). The van der Waals surface area contributed by atoms with Gasteiger partial charge in [-0.15, -0.1) is 0 Å². The maximum Gasteiger partial charge on any atom is 0.407 e. The van der Waals surface area contributed by atoms with Crippen molar-refractivity contribution in [3.8, 4) is 0 Å². The molecule has 1 amide bonds. The Morgan fingerprint density at radius 3 is 2.54 bits per heavy atom. The predicted octanol–water partition coefficient (Wildman–Crippen LogP) is 1.14. The van der Waals surface area contributed by atoms with Gasteiger partial charge in [-0.05, 0) is 19.8 Å². The number of alkyl carbamates (subject to hydrolysis) is 1. The normalized spacial score (nSPS) is 15.2. The van der Waals surface area contributed by atoms with Crippen LogP contribution in [0.25, 0.3) is 0 Å². The number of amides is 1. The van der Waals surface area contributed by atoms with Gasteiger partial charge in [0.25, 0.3) is 0 Å². The van der Waals surface area contributed by atoms with E-state index in [4.69, 9.17) is 4.74 Å². The third kappa shape index (κ3) is 4.72. The second kappa shape index (κ2) is 5.07. The van der Waals surface area contributed by atoms with Crippen LogP contribution in [0.2, 0.25) is 0 Å². The Balaban J connectivity index is 3.81. The molecule has 0 radical (unpaired) electrons. The zero-order chi connectivity index (χ0) is 10.5. The number of aliphatic hydroxyl groups is 1. The summed E-state index contributed by atoms with van der Waals surface area (Å²) in [7, 11) is 0. The molecule has 0 aliphatic carbocycles. The van der Waals surface area contributed by atoms with Gasteiger partial charge in [-0.2, -0.15) is 0 Å². The fourth-order valence-electron chi connectivity index (χ4n) is 0.574. The Labute approximate surface area is 79.3 Å². The zero-order valence-corrected chi connectivity index (χ0v) is 8.76. The second-order valence-corrected chi connectivity index (χ2v) is 3.62. The topological polar surface area (TPSA) is 58.6 Å². The van der Waals surface area contributed by atoms with E-state index in [2.05, 4.69) is 5.32 Å². The van der Waals surface area contributed by atoms with Crippen molar-refractivity contribution in [3.05, 3.63) is 0 Å². The molecule has 0 aliphatic rings. The summed E-state index contributed by atoms with van der Waals surface area (Å²) in [5.74, 6) is 0.0573. The van der Waals surface area contributed by atoms with Gasteiger partial charge in [0.15, 0.2) is 0 Å². The van der Waals surface area contributed by atoms with Crippen LogP contribution in [0.4, 0.5) is 4.79 Å². The van der Waals surface area contributed by atoms with Gasteiger partial charge in [0.2, 0.25) is 0 Å². The highest BCUT2D eigenvalue weighted by molar-refractivity contribution is 5.67. The van der Waals surface area contributed by atoms with E-state index in [1.54, 1.807) is 6.92 Å². The first kappa shape index (κ1) is 12.2. The summed E-state index contributed by atoms with van der Waals surface area (Å²) >= 11 is 0. The second-order valence-electron chi connectivity index (χ2n) is 3.62. The summed E-state index contributed by atoms with van der Waals surface area (Å²) < 4.78 is 4.81. The van der Waals surface area contributed by atoms with E-state index in [9.17, 15) is 9.90 Å². The molecular weight excluding hydrogens is 170 g/mol. The molecule has 4 nitrogen and oxygen atoms in total. The first-order chi connectivity index (χ1) is 5.90. The number of carbonyl (C=O) groups is 1. The van der Waals surface area contributed by atoms with Crippen LogP contribution >= 0.6 is 0 Å². The largest absolute Gasteiger partial charge is 0.447 e. The van der Waals surface area contributed by atoms with Crippen molar-refractivity contribution in [2.45, 2.75) is 33.3 Å². The minimum Gasteiger partial charge on any atom is -0.447 e. The Kier molecular flexibility index (Phi) is 4.77. The van der Waals surface area contributed by atoms with Crippen molar-refractivity contribution >= 4 is 6.09 Å². The van der Waals surface area contributed by atoms with Crippen LogP contribution in [0.3, 0.4) is 0 Å². The van der Waals surface area contributed by atoms with Crippen LogP contribution in [0, 0.1) is 5.92 Å². The van der Waals surface area contributed by atoms with Gasteiger partial charge in [0.1, 0.15) is 6.61 Å². The monoisotopic (exact) mass is 189 g/mol. The highest BCUT2D eigenvalue weighted by Gasteiger charge is 2.26. The van der Waals surface area contributed by atoms with E-state index in [0.29, 0.717) is 6.54 Å². The average Bonchev–Trinajstić information content (AvgIpc) is 2.01. The van der Waals surface area contributed by atoms with E-state index in [-0.39, 0.29) is 12.5 Å². The molecule has 4 heteroatoms. The van der Waals surface area contributed by atoms with Crippen molar-refractivity contribution in [3.63, 3.8) is 0 Å². The third-order valence-corrected chi connectivity index (χ3v) is 2.06. The Bertz CT molecular complexity index is 166. The molecule has 0 aliphatic heterocycles. The lowest BCUT2D eigenvalue weighted by atomic mass is 9.94. The minimum atomic E-state index is -0.953. The predicted molar refractivity (Wildman–Crippen MR) is 50.5 cm³/mol. The van der Waals surface area contributed by atoms with Gasteiger partial charge in [0.05, 0.1) is 5.60 Å². The summed E-state index contributed by atoms with van der Waals surface area (Å²) in [5, 5.41) is 12.2. The van der Waals surface area contributed by atoms with Crippen molar-refractivity contribution in [1.29, 1.82) is 0 Å². The molecule has 0 aromatic heterocycles. The number of hydrogen-bond acceptors (Lipinski definition) is 3. The van der Waals surface area contributed by atoms with Crippen molar-refractivity contribution in [2.24, 2.45) is 5.92 Å². The smallest absolute Gasteiger partial charge is 0.407 e. The molecular formula is C9H19NO3. The Morgan fingerprint density at radius 1 is 1.62 bits per heavy atom. The van der Waals surface area contributed by atoms with Gasteiger partial charge in [-0.25, -0.2) is 4.79 Å². The third-order valence-electron chi connectivity index (χ3n) is 2.06. The highest BCUT2D eigenvalue weighted by Crippen LogP contribution is 2.15. The molecule has 0 aromatic rings. The van der Waals surface area contributed by atoms with E-state index < -0.39 is 11.7 Å². The van der Waals surface area contributed by atoms with Crippen molar-refractivity contribution in [2.75, 3.05) is 13.2 Å². The summed E-state index contributed by atoms with van der Waals surface area (Å²) in [6.07, 6.45) is -0.483. The van der Waals surface area contributed by atoms with E-state index in [0.717, 1.165) is 0 Å². The van der Waals surface area contributed by atoms with Gasteiger partial charge >= 0.3 is 6.09 Å². The molecule has 0 saturated carbocycles. The van der Waals surface area contributed by atoms with Crippen molar-refractivity contribution in [1.82, 2.24) is 5.32 Å². The number of hydrogen-bond donors (Lipinski definition) is 2. The van der Waals surface area contributed by atoms with Crippen LogP contribution in [0.15, 0.2) is 0 Å². The van der Waals surface area contributed by atoms with Crippen LogP contribution in [-0.4, -0.2) is 30.0 Å². The summed E-state index contributed by atoms with van der Waals surface area (Å²) in [4.78, 5) is 10.9. The lowest BCUT2D eigenvalue weighted by Gasteiger charge is -2.26. The molecule has 1 unspecified atom stereocenters. The maximum atomic E-state index is 10.9. The summed E-state index contributed by atoms with van der Waals surface area (Å²) in [6.45, 7) is 7.76. The van der Waals surface area contributed by atoms with E-state index >= 15 is 0 Å². The molecule has 0 rings (SSSR count). The Hall–Kier alpha value is -0.770. The quantitative estimate of drug-likeness (QED) is 0.697. The van der Waals surface area contributed by atoms with Crippen molar-refractivity contribution < 1.29 is 14.6 Å². The minimum absolute atomic E-state index is 0.0243. The Morgan fingerprint density at radius 2 is 2.15 bits per heavy atom. The van der Waals surface area contributed by atoms with Crippen LogP contribution in [-0.2, 0) is 4.74 Å². The molecule has 1 atom stereocenters. The van der Waals surface area contributed by atoms with Crippen LogP contribution in [0.5, 0.6) is 0 Å². The molecule has 0 saturated heterocycles. The summed E-state index contributed by atoms with van der Waals surface area (Å²) in [6, 6.07) is 0. The first-order valence-corrected chi connectivity index (χ1v) is 4.53. The lowest BCUT2D eigenvalue weighted by Crippen LogP contribution is -2.39. The van der Waals surface area contributed by atoms with Crippen LogP contribution in [0.1, 0.15) is 27.7 Å². The number of carbonyl (C=O) groups excluding carboxylic acids is 1. The lowest BCUT2D eigenvalue weighted by molar-refractivity contribution is -0.0405. The van der Waals surface area contributed by atoms with Crippen LogP contribution < -0.4 is 5.32 Å². The molecule has 13 heavy (non-hydrogen) atoms.